The first kappa shape index (κ1) is 16.4. The molecule has 5 heteroatoms. The molecular weight excluding hydrogens is 326 g/mol. The van der Waals surface area contributed by atoms with Gasteiger partial charge in [-0.2, -0.15) is 0 Å². The number of nitrogens with one attached hydrogen (secondary N) is 1. The average Bonchev–Trinajstić information content (AvgIpc) is 3.03. The zero-order chi connectivity index (χ0) is 17.7. The fourth-order valence-corrected chi connectivity index (χ4v) is 5.55. The molecule has 6 rings (SSSR count). The summed E-state index contributed by atoms with van der Waals surface area (Å²) < 4.78 is 6.47. The molecule has 0 radical (unpaired) electrons. The second-order valence-corrected chi connectivity index (χ2v) is 8.75. The molecule has 1 aromatic rings. The molecule has 5 aliphatic rings. The fourth-order valence-electron chi connectivity index (χ4n) is 5.55. The topological polar surface area (TPSA) is 67.6 Å². The predicted octanol–water partition coefficient (Wildman–Crippen LogP) is 2.73. The Morgan fingerprint density at radius 1 is 1.19 bits per heavy atom. The largest absolute Gasteiger partial charge is 0.486 e. The van der Waals surface area contributed by atoms with Gasteiger partial charge in [-0.15, -0.1) is 0 Å². The molecule has 1 unspecified atom stereocenters. The zero-order valence-corrected chi connectivity index (χ0v) is 15.4. The van der Waals surface area contributed by atoms with Crippen LogP contribution in [0.25, 0.3) is 0 Å². The molecule has 5 nitrogen and oxygen atoms in total. The maximum absolute atomic E-state index is 13.1. The maximum Gasteiger partial charge on any atom is 0.255 e. The molecule has 1 atom stereocenters. The Kier molecular flexibility index (Phi) is 3.89. The van der Waals surface area contributed by atoms with Gasteiger partial charge >= 0.3 is 0 Å². The lowest BCUT2D eigenvalue weighted by Crippen LogP contribution is -2.57. The van der Waals surface area contributed by atoms with Gasteiger partial charge in [0.1, 0.15) is 11.4 Å². The molecule has 140 valence electrons. The lowest BCUT2D eigenvalue weighted by Gasteiger charge is -2.45. The van der Waals surface area contributed by atoms with E-state index in [-0.39, 0.29) is 17.6 Å². The van der Waals surface area contributed by atoms with Crippen molar-refractivity contribution >= 4 is 11.6 Å². The van der Waals surface area contributed by atoms with E-state index >= 15 is 0 Å². The van der Waals surface area contributed by atoms with Gasteiger partial charge in [-0.3, -0.25) is 4.79 Å². The third-order valence-corrected chi connectivity index (χ3v) is 7.10. The number of rotatable bonds is 2. The molecule has 2 bridgehead atoms. The Morgan fingerprint density at radius 2 is 1.96 bits per heavy atom. The van der Waals surface area contributed by atoms with Crippen LogP contribution in [0.1, 0.15) is 60.9 Å². The van der Waals surface area contributed by atoms with E-state index in [1.165, 1.54) is 45.2 Å². The van der Waals surface area contributed by atoms with Crippen LogP contribution in [0.15, 0.2) is 12.1 Å². The van der Waals surface area contributed by atoms with Crippen molar-refractivity contribution in [2.75, 3.05) is 25.4 Å². The average molecular weight is 355 g/mol. The molecule has 4 fully saturated rings. The van der Waals surface area contributed by atoms with Crippen LogP contribution in [-0.4, -0.2) is 42.1 Å². The van der Waals surface area contributed by atoms with Gasteiger partial charge in [-0.25, -0.2) is 0 Å². The summed E-state index contributed by atoms with van der Waals surface area (Å²) in [7, 11) is 0. The van der Waals surface area contributed by atoms with Crippen molar-refractivity contribution in [2.24, 2.45) is 5.92 Å². The van der Waals surface area contributed by atoms with Crippen molar-refractivity contribution in [2.45, 2.75) is 63.0 Å². The van der Waals surface area contributed by atoms with E-state index in [1.54, 1.807) is 0 Å². The Balaban J connectivity index is 1.39. The number of ether oxygens (including phenoxy) is 1. The number of amides is 1. The minimum absolute atomic E-state index is 0.00728. The standard InChI is InChI=1S/C21H29N3O2/c22-17-5-4-15(19-16(17)12-21(26-19)8-2-1-3-9-21)20(25)23-18-13-24-10-6-14(18)7-11-24/h4-5,14,18H,1-3,6-13,22H2,(H,23,25). The van der Waals surface area contributed by atoms with Crippen molar-refractivity contribution < 1.29 is 9.53 Å². The summed E-state index contributed by atoms with van der Waals surface area (Å²) in [4.78, 5) is 15.5. The lowest BCUT2D eigenvalue weighted by molar-refractivity contribution is 0.0502. The van der Waals surface area contributed by atoms with Crippen LogP contribution in [0.3, 0.4) is 0 Å². The monoisotopic (exact) mass is 355 g/mol. The van der Waals surface area contributed by atoms with Crippen molar-refractivity contribution in [3.8, 4) is 5.75 Å². The molecule has 26 heavy (non-hydrogen) atoms. The Morgan fingerprint density at radius 3 is 2.65 bits per heavy atom. The lowest BCUT2D eigenvalue weighted by atomic mass is 9.81. The van der Waals surface area contributed by atoms with E-state index in [2.05, 4.69) is 10.2 Å². The van der Waals surface area contributed by atoms with Crippen molar-refractivity contribution in [1.29, 1.82) is 0 Å². The van der Waals surface area contributed by atoms with Gasteiger partial charge in [0.2, 0.25) is 0 Å². The third-order valence-electron chi connectivity index (χ3n) is 7.10. The molecule has 1 amide bonds. The van der Waals surface area contributed by atoms with Crippen molar-refractivity contribution in [1.82, 2.24) is 10.2 Å². The first-order valence-electron chi connectivity index (χ1n) is 10.3. The summed E-state index contributed by atoms with van der Waals surface area (Å²) in [5.74, 6) is 1.38. The van der Waals surface area contributed by atoms with Crippen molar-refractivity contribution in [3.05, 3.63) is 23.3 Å². The summed E-state index contributed by atoms with van der Waals surface area (Å²) >= 11 is 0. The summed E-state index contributed by atoms with van der Waals surface area (Å²) in [6, 6.07) is 4.01. The third kappa shape index (κ3) is 2.68. The van der Waals surface area contributed by atoms with E-state index in [1.807, 2.05) is 12.1 Å². The van der Waals surface area contributed by atoms with E-state index in [0.29, 0.717) is 11.5 Å². The number of piperidine rings is 3. The first-order chi connectivity index (χ1) is 12.6. The van der Waals surface area contributed by atoms with Crippen LogP contribution in [0, 0.1) is 5.92 Å². The summed E-state index contributed by atoms with van der Waals surface area (Å²) in [6.45, 7) is 3.35. The van der Waals surface area contributed by atoms with E-state index in [4.69, 9.17) is 10.5 Å². The highest BCUT2D eigenvalue weighted by molar-refractivity contribution is 5.98. The molecule has 1 saturated carbocycles. The number of nitrogens with zero attached hydrogens (tertiary/aromatic N) is 1. The van der Waals surface area contributed by atoms with Gasteiger partial charge in [-0.1, -0.05) is 6.42 Å². The van der Waals surface area contributed by atoms with Gasteiger partial charge in [-0.05, 0) is 69.7 Å². The number of anilines is 1. The van der Waals surface area contributed by atoms with Crippen LogP contribution in [0.5, 0.6) is 5.75 Å². The van der Waals surface area contributed by atoms with Crippen LogP contribution in [0.2, 0.25) is 0 Å². The molecule has 4 heterocycles. The normalized spacial score (nSPS) is 31.5. The number of carbonyl (C=O) groups is 1. The molecule has 1 spiro atoms. The van der Waals surface area contributed by atoms with Gasteiger partial charge in [0, 0.05) is 30.3 Å². The summed E-state index contributed by atoms with van der Waals surface area (Å²) in [5.41, 5.74) is 8.61. The van der Waals surface area contributed by atoms with Crippen LogP contribution >= 0.6 is 0 Å². The SMILES string of the molecule is Nc1ccc(C(=O)NC2CN3CCC2CC3)c2c1CC1(CCCCC1)O2. The fraction of sp³-hybridized carbons (Fsp3) is 0.667. The number of hydrogen-bond donors (Lipinski definition) is 2. The highest BCUT2D eigenvalue weighted by Gasteiger charge is 2.43. The van der Waals surface area contributed by atoms with Gasteiger partial charge < -0.3 is 20.7 Å². The number of benzene rings is 1. The smallest absolute Gasteiger partial charge is 0.255 e. The van der Waals surface area contributed by atoms with E-state index in [0.717, 1.165) is 42.8 Å². The zero-order valence-electron chi connectivity index (χ0n) is 15.4. The maximum atomic E-state index is 13.1. The molecule has 1 aliphatic carbocycles. The number of carbonyl (C=O) groups excluding carboxylic acids is 1. The molecule has 0 aromatic heterocycles. The van der Waals surface area contributed by atoms with E-state index < -0.39 is 0 Å². The molecule has 3 N–H and O–H groups in total. The Hall–Kier alpha value is -1.75. The predicted molar refractivity (Wildman–Crippen MR) is 101 cm³/mol. The Labute approximate surface area is 155 Å². The van der Waals surface area contributed by atoms with Crippen LogP contribution in [0.4, 0.5) is 5.69 Å². The second-order valence-electron chi connectivity index (χ2n) is 8.75. The highest BCUT2D eigenvalue weighted by Crippen LogP contribution is 2.47. The number of fused-ring (bicyclic) bond motifs is 4. The number of nitrogens with two attached hydrogens (primary N) is 1. The molecule has 4 aliphatic heterocycles. The Bertz CT molecular complexity index is 718. The molecule has 3 saturated heterocycles. The van der Waals surface area contributed by atoms with Crippen molar-refractivity contribution in [3.63, 3.8) is 0 Å². The molecule has 1 aromatic carbocycles. The van der Waals surface area contributed by atoms with Gasteiger partial charge in [0.25, 0.3) is 5.91 Å². The minimum atomic E-state index is -0.124. The minimum Gasteiger partial charge on any atom is -0.486 e. The second kappa shape index (κ2) is 6.15. The summed E-state index contributed by atoms with van der Waals surface area (Å²) in [6.07, 6.45) is 9.08. The highest BCUT2D eigenvalue weighted by atomic mass is 16.5. The number of nitrogen functional groups attached to an aromatic ring is 1. The number of hydrogen-bond acceptors (Lipinski definition) is 4. The summed E-state index contributed by atoms with van der Waals surface area (Å²) in [5, 5.41) is 3.31. The van der Waals surface area contributed by atoms with Gasteiger partial charge in [0.15, 0.2) is 0 Å². The first-order valence-corrected chi connectivity index (χ1v) is 10.3. The molecular formula is C21H29N3O2. The van der Waals surface area contributed by atoms with Gasteiger partial charge in [0.05, 0.1) is 5.56 Å². The quantitative estimate of drug-likeness (QED) is 0.801. The van der Waals surface area contributed by atoms with E-state index in [9.17, 15) is 4.79 Å². The van der Waals surface area contributed by atoms with Crippen LogP contribution in [-0.2, 0) is 6.42 Å². The van der Waals surface area contributed by atoms with Crippen LogP contribution < -0.4 is 15.8 Å².